The van der Waals surface area contributed by atoms with Crippen molar-refractivity contribution < 1.29 is 14.2 Å². The van der Waals surface area contributed by atoms with Gasteiger partial charge in [0, 0.05) is 30.9 Å². The summed E-state index contributed by atoms with van der Waals surface area (Å²) in [6, 6.07) is 5.40. The predicted octanol–water partition coefficient (Wildman–Crippen LogP) is 2.43. The Morgan fingerprint density at radius 2 is 2.24 bits per heavy atom. The van der Waals surface area contributed by atoms with E-state index in [9.17, 15) is 9.50 Å². The summed E-state index contributed by atoms with van der Waals surface area (Å²) >= 11 is 0. The molecule has 2 bridgehead atoms. The van der Waals surface area contributed by atoms with Gasteiger partial charge in [-0.2, -0.15) is 0 Å². The number of aromatic hydroxyl groups is 1. The van der Waals surface area contributed by atoms with E-state index in [4.69, 9.17) is 4.74 Å². The number of nitrogens with zero attached hydrogens (tertiary/aromatic N) is 5. The maximum atomic E-state index is 14.9. The topological polar surface area (TPSA) is 98.0 Å². The molecule has 150 valence electrons. The van der Waals surface area contributed by atoms with E-state index in [0.717, 1.165) is 18.5 Å². The summed E-state index contributed by atoms with van der Waals surface area (Å²) in [6.45, 7) is 1.90. The number of ether oxygens (including phenoxy) is 1. The van der Waals surface area contributed by atoms with E-state index in [1.165, 1.54) is 6.20 Å². The summed E-state index contributed by atoms with van der Waals surface area (Å²) in [5, 5.41) is 21.8. The van der Waals surface area contributed by atoms with E-state index in [-0.39, 0.29) is 23.5 Å². The quantitative estimate of drug-likeness (QED) is 0.699. The molecule has 0 unspecified atom stereocenters. The number of phenols is 1. The molecule has 2 N–H and O–H groups in total. The summed E-state index contributed by atoms with van der Waals surface area (Å²) in [7, 11) is 0. The van der Waals surface area contributed by atoms with Gasteiger partial charge in [-0.1, -0.05) is 0 Å². The Labute approximate surface area is 166 Å². The second-order valence-corrected chi connectivity index (χ2v) is 7.88. The van der Waals surface area contributed by atoms with Gasteiger partial charge in [-0.25, -0.2) is 14.4 Å². The van der Waals surface area contributed by atoms with Crippen molar-refractivity contribution in [3.63, 3.8) is 0 Å². The Morgan fingerprint density at radius 3 is 2.97 bits per heavy atom. The zero-order valence-electron chi connectivity index (χ0n) is 15.9. The van der Waals surface area contributed by atoms with Gasteiger partial charge in [0.25, 0.3) is 5.88 Å². The molecule has 2 fully saturated rings. The number of alkyl halides is 1. The number of rotatable bonds is 4. The predicted molar refractivity (Wildman–Crippen MR) is 103 cm³/mol. The average molecular weight is 396 g/mol. The van der Waals surface area contributed by atoms with Gasteiger partial charge in [0.05, 0.1) is 29.3 Å². The molecule has 0 radical (unpaired) electrons. The maximum Gasteiger partial charge on any atom is 0.252 e. The fourth-order valence-electron chi connectivity index (χ4n) is 4.28. The number of hydrogen-bond acceptors (Lipinski definition) is 7. The third-order valence-electron chi connectivity index (χ3n) is 5.84. The van der Waals surface area contributed by atoms with Crippen LogP contribution in [0, 0.1) is 0 Å². The molecule has 9 heteroatoms. The van der Waals surface area contributed by atoms with E-state index >= 15 is 0 Å². The Balaban J connectivity index is 1.33. The van der Waals surface area contributed by atoms with E-state index in [1.54, 1.807) is 35.4 Å². The third kappa shape index (κ3) is 3.21. The van der Waals surface area contributed by atoms with Crippen molar-refractivity contribution in [3.05, 3.63) is 43.1 Å². The van der Waals surface area contributed by atoms with Gasteiger partial charge < -0.3 is 19.7 Å². The normalized spacial score (nSPS) is 28.4. The molecule has 2 aliphatic rings. The van der Waals surface area contributed by atoms with E-state index in [0.29, 0.717) is 12.0 Å². The van der Waals surface area contributed by atoms with Crippen molar-refractivity contribution in [1.29, 1.82) is 0 Å². The highest BCUT2D eigenvalue weighted by Gasteiger charge is 2.51. The standard InChI is InChI=1S/C20H21FN6O2/c1-20-5-4-12(24-20)8-16(18(20)21)29-17-10-23-19(26-25-17)14-3-2-13(9-15(14)28)27-7-6-22-11-27/h2-3,6-7,9-12,16,18,24,28H,4-5,8H2,1H3/t12-,16-,18-,20+/m1/s1. The van der Waals surface area contributed by atoms with Crippen molar-refractivity contribution >= 4 is 0 Å². The molecule has 8 nitrogen and oxygen atoms in total. The van der Waals surface area contributed by atoms with Crippen LogP contribution in [0.5, 0.6) is 11.6 Å². The SMILES string of the molecule is C[C@]12CC[C@H](C[C@@H](Oc3cnc(-c4ccc(-n5ccnc5)cc4O)nn3)[C@H]1F)N2. The molecule has 5 rings (SSSR count). The van der Waals surface area contributed by atoms with Crippen LogP contribution in [0.3, 0.4) is 0 Å². The number of imidazole rings is 1. The van der Waals surface area contributed by atoms with Gasteiger partial charge in [0.2, 0.25) is 0 Å². The highest BCUT2D eigenvalue weighted by atomic mass is 19.1. The summed E-state index contributed by atoms with van der Waals surface area (Å²) < 4.78 is 22.4. The van der Waals surface area contributed by atoms with Gasteiger partial charge in [0.15, 0.2) is 12.0 Å². The summed E-state index contributed by atoms with van der Waals surface area (Å²) in [6.07, 6.45) is 7.16. The van der Waals surface area contributed by atoms with Crippen LogP contribution in [-0.4, -0.2) is 53.7 Å². The Hall–Kier alpha value is -3.07. The largest absolute Gasteiger partial charge is 0.507 e. The van der Waals surface area contributed by atoms with Gasteiger partial charge in [-0.15, -0.1) is 10.2 Å². The number of hydrogen-bond donors (Lipinski definition) is 2. The highest BCUT2D eigenvalue weighted by Crippen LogP contribution is 2.39. The van der Waals surface area contributed by atoms with Crippen LogP contribution in [0.25, 0.3) is 17.1 Å². The van der Waals surface area contributed by atoms with Crippen LogP contribution < -0.4 is 10.1 Å². The molecule has 2 saturated heterocycles. The first-order valence-electron chi connectivity index (χ1n) is 9.62. The Bertz CT molecular complexity index is 1010. The third-order valence-corrected chi connectivity index (χ3v) is 5.84. The first-order valence-corrected chi connectivity index (χ1v) is 9.62. The number of nitrogens with one attached hydrogen (secondary N) is 1. The minimum Gasteiger partial charge on any atom is -0.507 e. The second kappa shape index (κ2) is 6.77. The van der Waals surface area contributed by atoms with Crippen LogP contribution in [-0.2, 0) is 0 Å². The monoisotopic (exact) mass is 396 g/mol. The van der Waals surface area contributed by atoms with E-state index in [1.807, 2.05) is 13.0 Å². The van der Waals surface area contributed by atoms with Crippen LogP contribution in [0.4, 0.5) is 4.39 Å². The molecule has 2 aromatic heterocycles. The molecule has 2 aliphatic heterocycles. The van der Waals surface area contributed by atoms with E-state index < -0.39 is 17.8 Å². The van der Waals surface area contributed by atoms with Gasteiger partial charge >= 0.3 is 0 Å². The Morgan fingerprint density at radius 1 is 1.34 bits per heavy atom. The fourth-order valence-corrected chi connectivity index (χ4v) is 4.28. The van der Waals surface area contributed by atoms with Crippen molar-refractivity contribution in [2.45, 2.75) is 50.0 Å². The number of aromatic nitrogens is 5. The lowest BCUT2D eigenvalue weighted by Gasteiger charge is -2.39. The van der Waals surface area contributed by atoms with Crippen LogP contribution in [0.15, 0.2) is 43.1 Å². The lowest BCUT2D eigenvalue weighted by molar-refractivity contribution is 0.00788. The lowest BCUT2D eigenvalue weighted by Crippen LogP contribution is -2.59. The molecule has 1 aromatic carbocycles. The second-order valence-electron chi connectivity index (χ2n) is 7.88. The number of fused-ring (bicyclic) bond motifs is 2. The average Bonchev–Trinajstić information content (AvgIpc) is 3.36. The molecule has 0 saturated carbocycles. The van der Waals surface area contributed by atoms with Gasteiger partial charge in [-0.3, -0.25) is 0 Å². The summed E-state index contributed by atoms with van der Waals surface area (Å²) in [5.74, 6) is 0.473. The number of benzene rings is 1. The van der Waals surface area contributed by atoms with Crippen molar-refractivity contribution in [2.75, 3.05) is 0 Å². The van der Waals surface area contributed by atoms with Crippen molar-refractivity contribution in [3.8, 4) is 28.7 Å². The molecular weight excluding hydrogens is 375 g/mol. The minimum absolute atomic E-state index is 0.0262. The van der Waals surface area contributed by atoms with Crippen LogP contribution >= 0.6 is 0 Å². The fraction of sp³-hybridized carbons (Fsp3) is 0.400. The lowest BCUT2D eigenvalue weighted by atomic mass is 9.88. The van der Waals surface area contributed by atoms with Crippen molar-refractivity contribution in [2.24, 2.45) is 0 Å². The molecule has 4 heterocycles. The molecule has 29 heavy (non-hydrogen) atoms. The van der Waals surface area contributed by atoms with Gasteiger partial charge in [-0.05, 0) is 31.9 Å². The van der Waals surface area contributed by atoms with Crippen LogP contribution in [0.1, 0.15) is 26.2 Å². The van der Waals surface area contributed by atoms with Crippen molar-refractivity contribution in [1.82, 2.24) is 30.0 Å². The molecule has 0 aliphatic carbocycles. The molecule has 0 spiro atoms. The smallest absolute Gasteiger partial charge is 0.252 e. The Kier molecular flexibility index (Phi) is 4.20. The zero-order chi connectivity index (χ0) is 20.0. The summed E-state index contributed by atoms with van der Waals surface area (Å²) in [4.78, 5) is 8.24. The zero-order valence-corrected chi connectivity index (χ0v) is 15.9. The van der Waals surface area contributed by atoms with Crippen LogP contribution in [0.2, 0.25) is 0 Å². The number of phenolic OH excluding ortho intramolecular Hbond substituents is 1. The first kappa shape index (κ1) is 18.0. The van der Waals surface area contributed by atoms with E-state index in [2.05, 4.69) is 25.5 Å². The first-order chi connectivity index (χ1) is 14.0. The van der Waals surface area contributed by atoms with Gasteiger partial charge in [0.1, 0.15) is 11.9 Å². The number of piperidine rings is 1. The molecular formula is C20H21FN6O2. The molecule has 4 atom stereocenters. The minimum atomic E-state index is -1.12. The summed E-state index contributed by atoms with van der Waals surface area (Å²) in [5.41, 5.74) is 0.667. The highest BCUT2D eigenvalue weighted by molar-refractivity contribution is 5.65. The number of halogens is 1. The molecule has 0 amide bonds. The molecule has 3 aromatic rings. The maximum absolute atomic E-state index is 14.9.